The Morgan fingerprint density at radius 3 is 2.69 bits per heavy atom. The van der Waals surface area contributed by atoms with Crippen molar-refractivity contribution >= 4 is 46.1 Å². The van der Waals surface area contributed by atoms with E-state index in [4.69, 9.17) is 21.1 Å². The average molecular weight is 432 g/mol. The summed E-state index contributed by atoms with van der Waals surface area (Å²) in [5.74, 6) is -0.449. The highest BCUT2D eigenvalue weighted by atomic mass is 35.5. The standard InChI is InChI=1S/C21H18ClNO5S/c1-3-28-21(26)18-19(25)17(10-12-8-9-13(24)11-16(12)27-2)29-20(18)23-15-7-5-4-6-14(15)22/h4-11,24-25H,3H2,1-2H3. The van der Waals surface area contributed by atoms with E-state index < -0.39 is 5.97 Å². The van der Waals surface area contributed by atoms with Gasteiger partial charge in [0, 0.05) is 11.6 Å². The number of thioether (sulfide) groups is 1. The Morgan fingerprint density at radius 1 is 1.24 bits per heavy atom. The zero-order chi connectivity index (χ0) is 21.0. The molecular weight excluding hydrogens is 414 g/mol. The molecule has 0 aliphatic carbocycles. The number of aliphatic imine (C=N–C) groups is 1. The highest BCUT2D eigenvalue weighted by Crippen LogP contribution is 2.42. The van der Waals surface area contributed by atoms with E-state index in [0.717, 1.165) is 11.8 Å². The summed E-state index contributed by atoms with van der Waals surface area (Å²) in [5, 5.41) is 21.1. The van der Waals surface area contributed by atoms with E-state index in [2.05, 4.69) is 4.99 Å². The second kappa shape index (κ2) is 9.07. The summed E-state index contributed by atoms with van der Waals surface area (Å²) in [6, 6.07) is 11.5. The van der Waals surface area contributed by atoms with Crippen LogP contribution in [-0.2, 0) is 9.53 Å². The Bertz CT molecular complexity index is 1050. The molecule has 0 fully saturated rings. The van der Waals surface area contributed by atoms with Gasteiger partial charge in [0.25, 0.3) is 0 Å². The molecule has 0 saturated carbocycles. The van der Waals surface area contributed by atoms with Crippen LogP contribution in [-0.4, -0.2) is 34.9 Å². The minimum atomic E-state index is -0.677. The highest BCUT2D eigenvalue weighted by molar-refractivity contribution is 8.18. The molecule has 6 nitrogen and oxygen atoms in total. The summed E-state index contributed by atoms with van der Waals surface area (Å²) in [6.07, 6.45) is 1.65. The number of rotatable bonds is 5. The fourth-order valence-corrected chi connectivity index (χ4v) is 3.80. The van der Waals surface area contributed by atoms with Crippen LogP contribution in [0.25, 0.3) is 6.08 Å². The van der Waals surface area contributed by atoms with Crippen molar-refractivity contribution in [2.45, 2.75) is 6.92 Å². The van der Waals surface area contributed by atoms with Crippen molar-refractivity contribution in [1.29, 1.82) is 0 Å². The second-order valence-electron chi connectivity index (χ2n) is 5.85. The minimum absolute atomic E-state index is 0.0271. The number of halogens is 1. The van der Waals surface area contributed by atoms with Crippen molar-refractivity contribution in [2.24, 2.45) is 4.99 Å². The third-order valence-electron chi connectivity index (χ3n) is 3.95. The highest BCUT2D eigenvalue weighted by Gasteiger charge is 2.33. The molecular formula is C21H18ClNO5S. The molecule has 8 heteroatoms. The van der Waals surface area contributed by atoms with Gasteiger partial charge in [-0.05, 0) is 37.3 Å². The number of hydrogen-bond acceptors (Lipinski definition) is 7. The summed E-state index contributed by atoms with van der Waals surface area (Å²) in [5.41, 5.74) is 1.05. The molecule has 29 heavy (non-hydrogen) atoms. The first-order valence-corrected chi connectivity index (χ1v) is 9.85. The number of carbonyl (C=O) groups excluding carboxylic acids is 1. The summed E-state index contributed by atoms with van der Waals surface area (Å²) >= 11 is 7.29. The predicted octanol–water partition coefficient (Wildman–Crippen LogP) is 5.25. The van der Waals surface area contributed by atoms with E-state index >= 15 is 0 Å². The van der Waals surface area contributed by atoms with Gasteiger partial charge in [-0.2, -0.15) is 0 Å². The lowest BCUT2D eigenvalue weighted by atomic mass is 10.1. The number of carbonyl (C=O) groups is 1. The number of phenols is 1. The van der Waals surface area contributed by atoms with Crippen LogP contribution in [0.4, 0.5) is 5.69 Å². The first-order chi connectivity index (χ1) is 13.9. The largest absolute Gasteiger partial charge is 0.508 e. The van der Waals surface area contributed by atoms with E-state index in [9.17, 15) is 15.0 Å². The Hall–Kier alpha value is -2.90. The summed E-state index contributed by atoms with van der Waals surface area (Å²) < 4.78 is 10.4. The number of aliphatic hydroxyl groups is 1. The van der Waals surface area contributed by atoms with Gasteiger partial charge in [-0.3, -0.25) is 0 Å². The number of esters is 1. The van der Waals surface area contributed by atoms with Crippen LogP contribution in [0.2, 0.25) is 5.02 Å². The lowest BCUT2D eigenvalue weighted by molar-refractivity contribution is -0.138. The van der Waals surface area contributed by atoms with Crippen LogP contribution >= 0.6 is 23.4 Å². The molecule has 2 aromatic carbocycles. The Balaban J connectivity index is 2.09. The molecule has 0 spiro atoms. The van der Waals surface area contributed by atoms with Crippen LogP contribution in [0, 0.1) is 0 Å². The Labute approximate surface area is 177 Å². The normalized spacial score (nSPS) is 16.5. The van der Waals surface area contributed by atoms with Gasteiger partial charge < -0.3 is 19.7 Å². The molecule has 0 amide bonds. The second-order valence-corrected chi connectivity index (χ2v) is 7.29. The number of nitrogens with zero attached hydrogens (tertiary/aromatic N) is 1. The molecule has 0 radical (unpaired) electrons. The monoisotopic (exact) mass is 431 g/mol. The number of hydrogen-bond donors (Lipinski definition) is 2. The van der Waals surface area contributed by atoms with Crippen LogP contribution in [0.5, 0.6) is 11.5 Å². The first kappa shape index (κ1) is 20.8. The SMILES string of the molecule is CCOC(=O)C1=C(O)C(=Cc2ccc(O)cc2OC)SC1=Nc1ccccc1Cl. The maximum absolute atomic E-state index is 12.5. The molecule has 2 aromatic rings. The zero-order valence-electron chi connectivity index (χ0n) is 15.7. The molecule has 1 aliphatic rings. The predicted molar refractivity (Wildman–Crippen MR) is 115 cm³/mol. The number of aromatic hydroxyl groups is 1. The lowest BCUT2D eigenvalue weighted by Gasteiger charge is -2.06. The number of para-hydroxylation sites is 1. The van der Waals surface area contributed by atoms with E-state index in [0.29, 0.717) is 26.9 Å². The number of methoxy groups -OCH3 is 1. The van der Waals surface area contributed by atoms with Crippen LogP contribution in [0.15, 0.2) is 63.7 Å². The summed E-state index contributed by atoms with van der Waals surface area (Å²) in [4.78, 5) is 17.3. The zero-order valence-corrected chi connectivity index (χ0v) is 17.3. The van der Waals surface area contributed by atoms with Gasteiger partial charge >= 0.3 is 5.97 Å². The van der Waals surface area contributed by atoms with Gasteiger partial charge in [-0.1, -0.05) is 35.5 Å². The molecule has 150 valence electrons. The first-order valence-electron chi connectivity index (χ1n) is 8.65. The van der Waals surface area contributed by atoms with Gasteiger partial charge in [0.15, 0.2) is 0 Å². The molecule has 0 bridgehead atoms. The van der Waals surface area contributed by atoms with Crippen molar-refractivity contribution in [3.8, 4) is 11.5 Å². The maximum Gasteiger partial charge on any atom is 0.344 e. The maximum atomic E-state index is 12.5. The topological polar surface area (TPSA) is 88.4 Å². The van der Waals surface area contributed by atoms with Gasteiger partial charge in [-0.15, -0.1) is 0 Å². The fraction of sp³-hybridized carbons (Fsp3) is 0.143. The van der Waals surface area contributed by atoms with Gasteiger partial charge in [0.2, 0.25) is 0 Å². The van der Waals surface area contributed by atoms with Crippen molar-refractivity contribution < 1.29 is 24.5 Å². The minimum Gasteiger partial charge on any atom is -0.508 e. The smallest absolute Gasteiger partial charge is 0.344 e. The van der Waals surface area contributed by atoms with Crippen molar-refractivity contribution in [3.63, 3.8) is 0 Å². The van der Waals surface area contributed by atoms with Crippen LogP contribution < -0.4 is 4.74 Å². The van der Waals surface area contributed by atoms with E-state index in [1.807, 2.05) is 0 Å². The van der Waals surface area contributed by atoms with E-state index in [1.54, 1.807) is 43.3 Å². The molecule has 0 aromatic heterocycles. The van der Waals surface area contributed by atoms with Gasteiger partial charge in [-0.25, -0.2) is 9.79 Å². The lowest BCUT2D eigenvalue weighted by Crippen LogP contribution is -2.12. The number of benzene rings is 2. The number of aliphatic hydroxyl groups excluding tert-OH is 1. The average Bonchev–Trinajstić information content (AvgIpc) is 3.00. The summed E-state index contributed by atoms with van der Waals surface area (Å²) in [7, 11) is 1.47. The molecule has 0 unspecified atom stereocenters. The quantitative estimate of drug-likeness (QED) is 0.629. The van der Waals surface area contributed by atoms with Crippen LogP contribution in [0.3, 0.4) is 0 Å². The van der Waals surface area contributed by atoms with E-state index in [1.165, 1.54) is 19.2 Å². The number of phenolic OH excluding ortho intramolecular Hbond substituents is 1. The molecule has 0 atom stereocenters. The van der Waals surface area contributed by atoms with Crippen molar-refractivity contribution in [1.82, 2.24) is 0 Å². The Morgan fingerprint density at radius 2 is 2.00 bits per heavy atom. The Kier molecular flexibility index (Phi) is 6.51. The van der Waals surface area contributed by atoms with Crippen LogP contribution in [0.1, 0.15) is 12.5 Å². The molecule has 0 saturated heterocycles. The molecule has 1 heterocycles. The van der Waals surface area contributed by atoms with Crippen molar-refractivity contribution in [3.05, 3.63) is 69.3 Å². The molecule has 2 N–H and O–H groups in total. The van der Waals surface area contributed by atoms with E-state index in [-0.39, 0.29) is 28.7 Å². The van der Waals surface area contributed by atoms with Gasteiger partial charge in [0.1, 0.15) is 27.9 Å². The third kappa shape index (κ3) is 4.58. The fourth-order valence-electron chi connectivity index (χ4n) is 2.60. The number of ether oxygens (including phenoxy) is 2. The molecule has 1 aliphatic heterocycles. The summed E-state index contributed by atoms with van der Waals surface area (Å²) in [6.45, 7) is 1.84. The van der Waals surface area contributed by atoms with Gasteiger partial charge in [0.05, 0.1) is 29.3 Å². The third-order valence-corrected chi connectivity index (χ3v) is 5.29. The molecule has 3 rings (SSSR count). The van der Waals surface area contributed by atoms with Crippen molar-refractivity contribution in [2.75, 3.05) is 13.7 Å².